The van der Waals surface area contributed by atoms with Crippen molar-refractivity contribution < 1.29 is 4.79 Å². The monoisotopic (exact) mass is 154 g/mol. The molecular weight excluding hydrogens is 139 g/mol. The smallest absolute Gasteiger partial charge is 0.219 e. The first-order chi connectivity index (χ1) is 5.24. The summed E-state index contributed by atoms with van der Waals surface area (Å²) in [4.78, 5) is 15.2. The lowest BCUT2D eigenvalue weighted by atomic mass is 9.95. The average Bonchev–Trinajstić information content (AvgIpc) is 2.05. The molecule has 1 heterocycles. The Kier molecular flexibility index (Phi) is 2.94. The summed E-state index contributed by atoms with van der Waals surface area (Å²) in [5, 5.41) is 0. The summed E-state index contributed by atoms with van der Waals surface area (Å²) in [5.74, 6) is 0.209. The van der Waals surface area contributed by atoms with Crippen molar-refractivity contribution in [3.63, 3.8) is 0 Å². The molecule has 1 amide bonds. The molecule has 1 aliphatic rings. The van der Waals surface area contributed by atoms with Crippen molar-refractivity contribution in [2.24, 2.45) is 0 Å². The van der Waals surface area contributed by atoms with Gasteiger partial charge in [0.25, 0.3) is 0 Å². The van der Waals surface area contributed by atoms with Gasteiger partial charge in [-0.3, -0.25) is 4.79 Å². The van der Waals surface area contributed by atoms with E-state index in [2.05, 4.69) is 11.6 Å². The second-order valence-corrected chi connectivity index (χ2v) is 2.94. The molecule has 1 rings (SSSR count). The molecule has 3 nitrogen and oxygen atoms in total. The van der Waals surface area contributed by atoms with E-state index in [-0.39, 0.29) is 5.91 Å². The molecule has 11 heavy (non-hydrogen) atoms. The number of hydrogen-bond acceptors (Lipinski definition) is 2. The normalized spacial score (nSPS) is 20.0. The summed E-state index contributed by atoms with van der Waals surface area (Å²) in [7, 11) is 1.10. The second-order valence-electron chi connectivity index (χ2n) is 2.94. The minimum absolute atomic E-state index is 0.209. The zero-order chi connectivity index (χ0) is 8.27. The molecule has 4 heteroatoms. The van der Waals surface area contributed by atoms with Gasteiger partial charge in [0.05, 0.1) is 0 Å². The van der Waals surface area contributed by atoms with Gasteiger partial charge in [0, 0.05) is 33.1 Å². The summed E-state index contributed by atoms with van der Waals surface area (Å²) in [6.07, 6.45) is 0. The van der Waals surface area contributed by atoms with Crippen LogP contribution < -0.4 is 0 Å². The topological polar surface area (TPSA) is 23.6 Å². The summed E-state index contributed by atoms with van der Waals surface area (Å²) < 4.78 is 0. The minimum Gasteiger partial charge on any atom is -0.342 e. The fraction of sp³-hybridized carbons (Fsp3) is 0.857. The molecule has 0 aromatic heterocycles. The first kappa shape index (κ1) is 8.59. The molecule has 1 aliphatic heterocycles. The summed E-state index contributed by atoms with van der Waals surface area (Å²) in [5.41, 5.74) is 0. The highest BCUT2D eigenvalue weighted by atomic mass is 16.2. The molecule has 0 saturated carbocycles. The molecule has 0 aliphatic carbocycles. The molecule has 1 saturated heterocycles. The van der Waals surface area contributed by atoms with E-state index in [9.17, 15) is 4.79 Å². The first-order valence-corrected chi connectivity index (χ1v) is 4.22. The fourth-order valence-electron chi connectivity index (χ4n) is 1.38. The van der Waals surface area contributed by atoms with Crippen LogP contribution in [0.5, 0.6) is 0 Å². The van der Waals surface area contributed by atoms with Crippen LogP contribution in [0.3, 0.4) is 0 Å². The van der Waals surface area contributed by atoms with Crippen LogP contribution in [0.1, 0.15) is 6.92 Å². The molecule has 0 radical (unpaired) electrons. The van der Waals surface area contributed by atoms with Crippen LogP contribution >= 0.6 is 0 Å². The van der Waals surface area contributed by atoms with Gasteiger partial charge in [0.2, 0.25) is 13.3 Å². The molecule has 0 atom stereocenters. The lowest BCUT2D eigenvalue weighted by Gasteiger charge is -2.33. The number of hydrogen-bond donors (Lipinski definition) is 0. The van der Waals surface area contributed by atoms with Crippen molar-refractivity contribution in [3.05, 3.63) is 0 Å². The van der Waals surface area contributed by atoms with E-state index in [1.54, 1.807) is 6.92 Å². The lowest BCUT2D eigenvalue weighted by Crippen LogP contribution is -2.48. The van der Waals surface area contributed by atoms with Gasteiger partial charge < -0.3 is 9.71 Å². The Morgan fingerprint density at radius 1 is 1.27 bits per heavy atom. The van der Waals surface area contributed by atoms with E-state index in [0.717, 1.165) is 33.6 Å². The third kappa shape index (κ3) is 2.22. The minimum atomic E-state index is 0.209. The Morgan fingerprint density at radius 3 is 2.18 bits per heavy atom. The molecule has 0 aromatic carbocycles. The third-order valence-corrected chi connectivity index (χ3v) is 2.26. The Hall–Kier alpha value is -0.505. The summed E-state index contributed by atoms with van der Waals surface area (Å²) >= 11 is 0. The van der Waals surface area contributed by atoms with Gasteiger partial charge in [-0.25, -0.2) is 0 Å². The van der Waals surface area contributed by atoms with E-state index >= 15 is 0 Å². The maximum atomic E-state index is 10.9. The highest BCUT2D eigenvalue weighted by molar-refractivity contribution is 6.29. The average molecular weight is 154 g/mol. The van der Waals surface area contributed by atoms with Crippen molar-refractivity contribution in [2.75, 3.05) is 26.2 Å². The summed E-state index contributed by atoms with van der Waals surface area (Å²) in [6, 6.07) is 0. The highest BCUT2D eigenvalue weighted by Gasteiger charge is 2.16. The third-order valence-electron chi connectivity index (χ3n) is 2.26. The Labute approximate surface area is 68.6 Å². The highest BCUT2D eigenvalue weighted by Crippen LogP contribution is 1.99. The number of amides is 1. The van der Waals surface area contributed by atoms with Crippen molar-refractivity contribution in [2.45, 2.75) is 13.7 Å². The van der Waals surface area contributed by atoms with Crippen LogP contribution in [0.4, 0.5) is 0 Å². The predicted octanol–water partition coefficient (Wildman–Crippen LogP) is -0.450. The molecular formula is C7H15BN2O. The maximum Gasteiger partial charge on any atom is 0.219 e. The fourth-order valence-corrected chi connectivity index (χ4v) is 1.38. The number of nitrogens with zero attached hydrogens (tertiary/aromatic N) is 2. The van der Waals surface area contributed by atoms with Crippen LogP contribution in [-0.4, -0.2) is 49.2 Å². The Balaban J connectivity index is 2.30. The Morgan fingerprint density at radius 2 is 1.82 bits per heavy atom. The van der Waals surface area contributed by atoms with Crippen LogP contribution in [0, 0.1) is 0 Å². The molecule has 1 fully saturated rings. The summed E-state index contributed by atoms with van der Waals surface area (Å²) in [6.45, 7) is 7.68. The van der Waals surface area contributed by atoms with E-state index in [0.29, 0.717) is 0 Å². The van der Waals surface area contributed by atoms with Gasteiger partial charge in [-0.05, 0) is 0 Å². The van der Waals surface area contributed by atoms with Gasteiger partial charge in [-0.15, -0.1) is 0 Å². The predicted molar refractivity (Wildman–Crippen MR) is 46.8 cm³/mol. The lowest BCUT2D eigenvalue weighted by molar-refractivity contribution is -0.129. The number of carbonyl (C=O) groups excluding carboxylic acids is 1. The van der Waals surface area contributed by atoms with Gasteiger partial charge in [-0.1, -0.05) is 6.82 Å². The van der Waals surface area contributed by atoms with Crippen LogP contribution in [-0.2, 0) is 4.79 Å². The first-order valence-electron chi connectivity index (χ1n) is 4.22. The van der Waals surface area contributed by atoms with Crippen molar-refractivity contribution in [3.8, 4) is 0 Å². The zero-order valence-corrected chi connectivity index (χ0v) is 7.34. The SMILES string of the molecule is CBN1CCN(C(C)=O)CC1. The van der Waals surface area contributed by atoms with Gasteiger partial charge >= 0.3 is 0 Å². The molecule has 62 valence electrons. The number of rotatable bonds is 1. The van der Waals surface area contributed by atoms with E-state index in [1.165, 1.54) is 0 Å². The van der Waals surface area contributed by atoms with E-state index in [4.69, 9.17) is 0 Å². The van der Waals surface area contributed by atoms with Gasteiger partial charge in [0.1, 0.15) is 0 Å². The zero-order valence-electron chi connectivity index (χ0n) is 7.34. The molecule has 0 bridgehead atoms. The van der Waals surface area contributed by atoms with Crippen LogP contribution in [0.25, 0.3) is 0 Å². The molecule has 0 aromatic rings. The second kappa shape index (κ2) is 3.76. The maximum absolute atomic E-state index is 10.9. The number of carbonyl (C=O) groups is 1. The quantitative estimate of drug-likeness (QED) is 0.477. The van der Waals surface area contributed by atoms with Crippen LogP contribution in [0.2, 0.25) is 6.82 Å². The van der Waals surface area contributed by atoms with Crippen molar-refractivity contribution >= 4 is 13.3 Å². The Bertz CT molecular complexity index is 143. The van der Waals surface area contributed by atoms with Gasteiger partial charge in [0.15, 0.2) is 0 Å². The van der Waals surface area contributed by atoms with Gasteiger partial charge in [-0.2, -0.15) is 0 Å². The van der Waals surface area contributed by atoms with Crippen LogP contribution in [0.15, 0.2) is 0 Å². The van der Waals surface area contributed by atoms with E-state index < -0.39 is 0 Å². The van der Waals surface area contributed by atoms with Crippen molar-refractivity contribution in [1.82, 2.24) is 9.71 Å². The standard InChI is InChI=1S/C7H15BN2O/c1-7(11)9-3-5-10(8-2)6-4-9/h8H,3-6H2,1-2H3. The van der Waals surface area contributed by atoms with E-state index in [1.807, 2.05) is 4.90 Å². The molecule has 0 unspecified atom stereocenters. The molecule has 0 spiro atoms. The van der Waals surface area contributed by atoms with Crippen molar-refractivity contribution in [1.29, 1.82) is 0 Å². The number of piperazine rings is 1. The molecule has 0 N–H and O–H groups in total. The largest absolute Gasteiger partial charge is 0.342 e.